The van der Waals surface area contributed by atoms with E-state index in [1.807, 2.05) is 0 Å². The van der Waals surface area contributed by atoms with Crippen LogP contribution in [0.15, 0.2) is 11.4 Å². The van der Waals surface area contributed by atoms with Crippen LogP contribution in [0.4, 0.5) is 0 Å². The molecular weight excluding hydrogens is 236 g/mol. The van der Waals surface area contributed by atoms with Crippen LogP contribution in [-0.2, 0) is 16.0 Å². The molecule has 1 aliphatic carbocycles. The van der Waals surface area contributed by atoms with Gasteiger partial charge in [0.05, 0.1) is 12.6 Å². The Morgan fingerprint density at radius 2 is 2.35 bits per heavy atom. The maximum Gasteiger partial charge on any atom is 0.239 e. The van der Waals surface area contributed by atoms with Gasteiger partial charge < -0.3 is 10.6 Å². The van der Waals surface area contributed by atoms with Crippen LogP contribution in [0.25, 0.3) is 0 Å². The highest BCUT2D eigenvalue weighted by molar-refractivity contribution is 7.10. The first-order valence-electron chi connectivity index (χ1n) is 5.77. The number of hydrogen-bond donors (Lipinski definition) is 2. The van der Waals surface area contributed by atoms with Crippen LogP contribution >= 0.6 is 11.3 Å². The largest absolute Gasteiger partial charge is 0.348 e. The lowest BCUT2D eigenvalue weighted by molar-refractivity contribution is -0.125. The summed E-state index contributed by atoms with van der Waals surface area (Å²) in [5.74, 6) is -0.302. The van der Waals surface area contributed by atoms with Crippen molar-refractivity contribution in [2.24, 2.45) is 0 Å². The van der Waals surface area contributed by atoms with Gasteiger partial charge in [-0.25, -0.2) is 0 Å². The average Bonchev–Trinajstić information content (AvgIpc) is 2.75. The zero-order valence-electron chi connectivity index (χ0n) is 9.79. The second-order valence-electron chi connectivity index (χ2n) is 4.22. The standard InChI is InChI=1S/C12H16N2O2S/c1-8(15)13-7-12(16)14-10-3-2-4-11-9(10)5-6-17-11/h5-6,10H,2-4,7H2,1H3,(H,13,15)(H,14,16). The fourth-order valence-corrected chi connectivity index (χ4v) is 3.07. The topological polar surface area (TPSA) is 58.2 Å². The molecular formula is C12H16N2O2S. The number of thiophene rings is 1. The van der Waals surface area contributed by atoms with Crippen molar-refractivity contribution >= 4 is 23.2 Å². The van der Waals surface area contributed by atoms with Crippen LogP contribution in [0.5, 0.6) is 0 Å². The molecule has 1 unspecified atom stereocenters. The highest BCUT2D eigenvalue weighted by atomic mass is 32.1. The lowest BCUT2D eigenvalue weighted by atomic mass is 9.94. The lowest BCUT2D eigenvalue weighted by Crippen LogP contribution is -2.38. The molecule has 0 aromatic carbocycles. The molecule has 2 N–H and O–H groups in total. The van der Waals surface area contributed by atoms with E-state index in [1.54, 1.807) is 11.3 Å². The number of carbonyl (C=O) groups excluding carboxylic acids is 2. The maximum absolute atomic E-state index is 11.6. The Labute approximate surface area is 104 Å². The molecule has 0 saturated carbocycles. The van der Waals surface area contributed by atoms with Crippen molar-refractivity contribution in [3.05, 3.63) is 21.9 Å². The lowest BCUT2D eigenvalue weighted by Gasteiger charge is -2.23. The van der Waals surface area contributed by atoms with E-state index in [1.165, 1.54) is 17.4 Å². The summed E-state index contributed by atoms with van der Waals surface area (Å²) in [6.45, 7) is 1.47. The van der Waals surface area contributed by atoms with Crippen LogP contribution in [0.1, 0.15) is 36.2 Å². The molecule has 1 aliphatic rings. The molecule has 2 amide bonds. The minimum absolute atomic E-state index is 0.0608. The predicted octanol–water partition coefficient (Wildman–Crippen LogP) is 1.38. The third kappa shape index (κ3) is 3.06. The molecule has 1 aromatic heterocycles. The summed E-state index contributed by atoms with van der Waals surface area (Å²) in [5, 5.41) is 7.55. The number of nitrogens with one attached hydrogen (secondary N) is 2. The monoisotopic (exact) mass is 252 g/mol. The Bertz CT molecular complexity index is 428. The number of rotatable bonds is 3. The first-order valence-corrected chi connectivity index (χ1v) is 6.65. The molecule has 4 nitrogen and oxygen atoms in total. The van der Waals surface area contributed by atoms with Crippen LogP contribution in [-0.4, -0.2) is 18.4 Å². The third-order valence-corrected chi connectivity index (χ3v) is 3.88. The molecule has 17 heavy (non-hydrogen) atoms. The number of hydrogen-bond acceptors (Lipinski definition) is 3. The minimum atomic E-state index is -0.181. The van der Waals surface area contributed by atoms with Crippen LogP contribution < -0.4 is 10.6 Å². The van der Waals surface area contributed by atoms with E-state index in [0.717, 1.165) is 19.3 Å². The molecule has 0 aliphatic heterocycles. The Kier molecular flexibility index (Phi) is 3.78. The van der Waals surface area contributed by atoms with Gasteiger partial charge in [0.2, 0.25) is 11.8 Å². The second kappa shape index (κ2) is 5.31. The highest BCUT2D eigenvalue weighted by Crippen LogP contribution is 2.32. The Morgan fingerprint density at radius 1 is 1.53 bits per heavy atom. The van der Waals surface area contributed by atoms with Gasteiger partial charge >= 0.3 is 0 Å². The summed E-state index contributed by atoms with van der Waals surface area (Å²) < 4.78 is 0. The van der Waals surface area contributed by atoms with E-state index < -0.39 is 0 Å². The molecule has 2 rings (SSSR count). The molecule has 1 aromatic rings. The van der Waals surface area contributed by atoms with Crippen molar-refractivity contribution in [1.82, 2.24) is 10.6 Å². The number of fused-ring (bicyclic) bond motifs is 1. The van der Waals surface area contributed by atoms with Gasteiger partial charge in [0, 0.05) is 11.8 Å². The van der Waals surface area contributed by atoms with E-state index >= 15 is 0 Å². The second-order valence-corrected chi connectivity index (χ2v) is 5.22. The summed E-state index contributed by atoms with van der Waals surface area (Å²) in [6, 6.07) is 2.20. The Morgan fingerprint density at radius 3 is 3.12 bits per heavy atom. The molecule has 5 heteroatoms. The molecule has 0 saturated heterocycles. The summed E-state index contributed by atoms with van der Waals surface area (Å²) >= 11 is 1.75. The van der Waals surface area contributed by atoms with Crippen LogP contribution in [0.3, 0.4) is 0 Å². The third-order valence-electron chi connectivity index (χ3n) is 2.89. The smallest absolute Gasteiger partial charge is 0.239 e. The summed E-state index contributed by atoms with van der Waals surface area (Å²) in [7, 11) is 0. The molecule has 1 heterocycles. The average molecular weight is 252 g/mol. The molecule has 0 bridgehead atoms. The maximum atomic E-state index is 11.6. The van der Waals surface area contributed by atoms with Gasteiger partial charge in [-0.1, -0.05) is 0 Å². The van der Waals surface area contributed by atoms with E-state index in [-0.39, 0.29) is 24.4 Å². The van der Waals surface area contributed by atoms with Gasteiger partial charge in [-0.3, -0.25) is 9.59 Å². The number of carbonyl (C=O) groups is 2. The Hall–Kier alpha value is -1.36. The summed E-state index contributed by atoms with van der Waals surface area (Å²) in [4.78, 5) is 23.7. The molecule has 0 radical (unpaired) electrons. The van der Waals surface area contributed by atoms with E-state index in [2.05, 4.69) is 22.1 Å². The number of amides is 2. The van der Waals surface area contributed by atoms with Crippen LogP contribution in [0.2, 0.25) is 0 Å². The van der Waals surface area contributed by atoms with Gasteiger partial charge in [0.15, 0.2) is 0 Å². The number of aryl methyl sites for hydroxylation is 1. The normalized spacial score (nSPS) is 18.3. The van der Waals surface area contributed by atoms with Crippen LogP contribution in [0, 0.1) is 0 Å². The Balaban J connectivity index is 1.92. The van der Waals surface area contributed by atoms with Gasteiger partial charge in [-0.15, -0.1) is 11.3 Å². The van der Waals surface area contributed by atoms with E-state index in [0.29, 0.717) is 0 Å². The minimum Gasteiger partial charge on any atom is -0.348 e. The van der Waals surface area contributed by atoms with Crippen molar-refractivity contribution < 1.29 is 9.59 Å². The van der Waals surface area contributed by atoms with Gasteiger partial charge in [0.1, 0.15) is 0 Å². The zero-order valence-corrected chi connectivity index (χ0v) is 10.6. The molecule has 92 valence electrons. The van der Waals surface area contributed by atoms with E-state index in [4.69, 9.17) is 0 Å². The molecule has 1 atom stereocenters. The van der Waals surface area contributed by atoms with Crippen molar-refractivity contribution in [2.75, 3.05) is 6.54 Å². The van der Waals surface area contributed by atoms with Crippen molar-refractivity contribution in [1.29, 1.82) is 0 Å². The fourth-order valence-electron chi connectivity index (χ4n) is 2.09. The quantitative estimate of drug-likeness (QED) is 0.854. The van der Waals surface area contributed by atoms with Gasteiger partial charge in [-0.05, 0) is 36.3 Å². The molecule has 0 fully saturated rings. The SMILES string of the molecule is CC(=O)NCC(=O)NC1CCCc2sccc21. The zero-order chi connectivity index (χ0) is 12.3. The fraction of sp³-hybridized carbons (Fsp3) is 0.500. The predicted molar refractivity (Wildman–Crippen MR) is 66.8 cm³/mol. The first-order chi connectivity index (χ1) is 8.16. The van der Waals surface area contributed by atoms with Crippen molar-refractivity contribution in [2.45, 2.75) is 32.2 Å². The van der Waals surface area contributed by atoms with Crippen molar-refractivity contribution in [3.63, 3.8) is 0 Å². The summed E-state index contributed by atoms with van der Waals surface area (Å²) in [6.07, 6.45) is 3.21. The van der Waals surface area contributed by atoms with Gasteiger partial charge in [-0.2, -0.15) is 0 Å². The van der Waals surface area contributed by atoms with Crippen molar-refractivity contribution in [3.8, 4) is 0 Å². The summed E-state index contributed by atoms with van der Waals surface area (Å²) in [5.41, 5.74) is 1.25. The highest BCUT2D eigenvalue weighted by Gasteiger charge is 2.22. The molecule has 0 spiro atoms. The first kappa shape index (κ1) is 12.1. The van der Waals surface area contributed by atoms with E-state index in [9.17, 15) is 9.59 Å². The van der Waals surface area contributed by atoms with Gasteiger partial charge in [0.25, 0.3) is 0 Å².